The number of pyridine rings is 1. The third-order valence-corrected chi connectivity index (χ3v) is 3.81. The molecule has 144 valence electrons. The number of amides is 1. The molecule has 0 radical (unpaired) electrons. The number of esters is 1. The van der Waals surface area contributed by atoms with Crippen molar-refractivity contribution in [2.75, 3.05) is 13.7 Å². The molecule has 1 aromatic carbocycles. The average molecular weight is 374 g/mol. The van der Waals surface area contributed by atoms with Crippen molar-refractivity contribution in [3.63, 3.8) is 0 Å². The number of nitrogens with one attached hydrogen (secondary N) is 1. The standard InChI is InChI=1S/C19H22N2O6/c1-26-18(24)15-8-7-14(11-21-15)17(23)16(22)9-10-20-19(25)27-12-13-5-3-2-4-6-13/h2-8,11,16-17,22-23H,9-10,12H2,1H3,(H,20,25). The Morgan fingerprint density at radius 2 is 1.89 bits per heavy atom. The van der Waals surface area contributed by atoms with Gasteiger partial charge in [0.2, 0.25) is 0 Å². The van der Waals surface area contributed by atoms with E-state index in [9.17, 15) is 19.8 Å². The number of benzene rings is 1. The number of nitrogens with zero attached hydrogens (tertiary/aromatic N) is 1. The highest BCUT2D eigenvalue weighted by Gasteiger charge is 2.19. The number of methoxy groups -OCH3 is 1. The Balaban J connectivity index is 1.73. The Kier molecular flexibility index (Phi) is 7.72. The second-order valence-electron chi connectivity index (χ2n) is 5.76. The molecule has 0 bridgehead atoms. The molecular weight excluding hydrogens is 352 g/mol. The Labute approximate surface area is 156 Å². The van der Waals surface area contributed by atoms with Crippen LogP contribution >= 0.6 is 0 Å². The summed E-state index contributed by atoms with van der Waals surface area (Å²) in [4.78, 5) is 26.8. The minimum Gasteiger partial charge on any atom is -0.464 e. The van der Waals surface area contributed by atoms with E-state index in [1.165, 1.54) is 25.4 Å². The number of aromatic nitrogens is 1. The van der Waals surface area contributed by atoms with Gasteiger partial charge in [0.05, 0.1) is 13.2 Å². The van der Waals surface area contributed by atoms with Crippen LogP contribution in [0.3, 0.4) is 0 Å². The third kappa shape index (κ3) is 6.36. The van der Waals surface area contributed by atoms with Gasteiger partial charge in [0.1, 0.15) is 18.4 Å². The van der Waals surface area contributed by atoms with Crippen LogP contribution in [0.5, 0.6) is 0 Å². The Hall–Kier alpha value is -2.97. The average Bonchev–Trinajstić information content (AvgIpc) is 2.72. The number of carbonyl (C=O) groups excluding carboxylic acids is 2. The maximum absolute atomic E-state index is 11.6. The highest BCUT2D eigenvalue weighted by molar-refractivity contribution is 5.86. The molecule has 3 N–H and O–H groups in total. The largest absolute Gasteiger partial charge is 0.464 e. The SMILES string of the molecule is COC(=O)c1ccc(C(O)C(O)CCNC(=O)OCc2ccccc2)cn1. The molecule has 8 nitrogen and oxygen atoms in total. The van der Waals surface area contributed by atoms with Gasteiger partial charge in [0, 0.05) is 18.3 Å². The lowest BCUT2D eigenvalue weighted by Crippen LogP contribution is -2.29. The van der Waals surface area contributed by atoms with Crippen LogP contribution in [0.25, 0.3) is 0 Å². The fourth-order valence-corrected chi connectivity index (χ4v) is 2.28. The van der Waals surface area contributed by atoms with E-state index in [0.29, 0.717) is 5.56 Å². The molecule has 0 saturated carbocycles. The Bertz CT molecular complexity index is 736. The highest BCUT2D eigenvalue weighted by Crippen LogP contribution is 2.18. The van der Waals surface area contributed by atoms with Crippen molar-refractivity contribution < 1.29 is 29.3 Å². The van der Waals surface area contributed by atoms with Crippen LogP contribution in [-0.2, 0) is 16.1 Å². The first-order chi connectivity index (χ1) is 13.0. The summed E-state index contributed by atoms with van der Waals surface area (Å²) in [6, 6.07) is 12.1. The first kappa shape index (κ1) is 20.3. The summed E-state index contributed by atoms with van der Waals surface area (Å²) in [6.07, 6.45) is -1.52. The van der Waals surface area contributed by atoms with E-state index >= 15 is 0 Å². The predicted octanol–water partition coefficient (Wildman–Crippen LogP) is 1.58. The molecule has 8 heteroatoms. The second kappa shape index (κ2) is 10.2. The number of hydrogen-bond donors (Lipinski definition) is 3. The molecule has 2 atom stereocenters. The van der Waals surface area contributed by atoms with E-state index in [0.717, 1.165) is 5.56 Å². The van der Waals surface area contributed by atoms with Crippen molar-refractivity contribution in [3.05, 3.63) is 65.5 Å². The molecule has 0 saturated heterocycles. The molecule has 2 rings (SSSR count). The lowest BCUT2D eigenvalue weighted by Gasteiger charge is -2.18. The summed E-state index contributed by atoms with van der Waals surface area (Å²) in [5.74, 6) is -0.588. The van der Waals surface area contributed by atoms with E-state index in [1.54, 1.807) is 0 Å². The number of aliphatic hydroxyl groups excluding tert-OH is 2. The van der Waals surface area contributed by atoms with Crippen molar-refractivity contribution >= 4 is 12.1 Å². The van der Waals surface area contributed by atoms with Gasteiger partial charge < -0.3 is 25.0 Å². The minimum atomic E-state index is -1.20. The van der Waals surface area contributed by atoms with E-state index in [4.69, 9.17) is 4.74 Å². The maximum Gasteiger partial charge on any atom is 0.407 e. The summed E-state index contributed by atoms with van der Waals surface area (Å²) >= 11 is 0. The minimum absolute atomic E-state index is 0.103. The predicted molar refractivity (Wildman–Crippen MR) is 95.8 cm³/mol. The van der Waals surface area contributed by atoms with Gasteiger partial charge in [-0.2, -0.15) is 0 Å². The molecule has 0 fully saturated rings. The summed E-state index contributed by atoms with van der Waals surface area (Å²) in [5, 5.41) is 22.7. The third-order valence-electron chi connectivity index (χ3n) is 3.81. The summed E-state index contributed by atoms with van der Waals surface area (Å²) in [6.45, 7) is 0.273. The van der Waals surface area contributed by atoms with Gasteiger partial charge in [-0.1, -0.05) is 36.4 Å². The van der Waals surface area contributed by atoms with Crippen LogP contribution in [-0.4, -0.2) is 47.0 Å². The van der Waals surface area contributed by atoms with Gasteiger partial charge in [-0.3, -0.25) is 0 Å². The van der Waals surface area contributed by atoms with Crippen molar-refractivity contribution in [2.45, 2.75) is 25.2 Å². The number of aliphatic hydroxyl groups is 2. The van der Waals surface area contributed by atoms with E-state index in [1.807, 2.05) is 30.3 Å². The van der Waals surface area contributed by atoms with Crippen LogP contribution in [0.15, 0.2) is 48.7 Å². The molecule has 2 unspecified atom stereocenters. The molecular formula is C19H22N2O6. The number of hydrogen-bond acceptors (Lipinski definition) is 7. The molecule has 2 aromatic rings. The lowest BCUT2D eigenvalue weighted by molar-refractivity contribution is 0.0134. The van der Waals surface area contributed by atoms with Crippen molar-refractivity contribution in [1.29, 1.82) is 0 Å². The molecule has 1 heterocycles. The summed E-state index contributed by atoms with van der Waals surface area (Å²) in [7, 11) is 1.24. The Morgan fingerprint density at radius 3 is 2.52 bits per heavy atom. The van der Waals surface area contributed by atoms with Gasteiger partial charge in [-0.15, -0.1) is 0 Å². The van der Waals surface area contributed by atoms with Gasteiger partial charge in [-0.05, 0) is 18.1 Å². The van der Waals surface area contributed by atoms with Crippen LogP contribution in [0.4, 0.5) is 4.79 Å². The molecule has 0 spiro atoms. The molecule has 1 amide bonds. The summed E-state index contributed by atoms with van der Waals surface area (Å²) < 4.78 is 9.60. The number of alkyl carbamates (subject to hydrolysis) is 1. The molecule has 0 aliphatic carbocycles. The van der Waals surface area contributed by atoms with E-state index in [-0.39, 0.29) is 25.3 Å². The van der Waals surface area contributed by atoms with Crippen LogP contribution in [0.2, 0.25) is 0 Å². The highest BCUT2D eigenvalue weighted by atomic mass is 16.5. The zero-order chi connectivity index (χ0) is 19.6. The van der Waals surface area contributed by atoms with Gasteiger partial charge in [-0.25, -0.2) is 14.6 Å². The monoisotopic (exact) mass is 374 g/mol. The Morgan fingerprint density at radius 1 is 1.15 bits per heavy atom. The fraction of sp³-hybridized carbons (Fsp3) is 0.316. The molecule has 0 aliphatic heterocycles. The van der Waals surface area contributed by atoms with Gasteiger partial charge in [0.25, 0.3) is 0 Å². The zero-order valence-electron chi connectivity index (χ0n) is 14.9. The maximum atomic E-state index is 11.6. The van der Waals surface area contributed by atoms with Gasteiger partial charge >= 0.3 is 12.1 Å². The topological polar surface area (TPSA) is 118 Å². The number of ether oxygens (including phenoxy) is 2. The van der Waals surface area contributed by atoms with Gasteiger partial charge in [0.15, 0.2) is 0 Å². The number of rotatable bonds is 8. The first-order valence-corrected chi connectivity index (χ1v) is 8.36. The van der Waals surface area contributed by atoms with E-state index < -0.39 is 24.3 Å². The normalized spacial score (nSPS) is 12.7. The summed E-state index contributed by atoms with van der Waals surface area (Å²) in [5.41, 5.74) is 1.32. The zero-order valence-corrected chi connectivity index (χ0v) is 14.9. The molecule has 0 aliphatic rings. The fourth-order valence-electron chi connectivity index (χ4n) is 2.28. The van der Waals surface area contributed by atoms with Crippen LogP contribution < -0.4 is 5.32 Å². The van der Waals surface area contributed by atoms with Crippen LogP contribution in [0.1, 0.15) is 34.1 Å². The van der Waals surface area contributed by atoms with Crippen molar-refractivity contribution in [1.82, 2.24) is 10.3 Å². The van der Waals surface area contributed by atoms with Crippen molar-refractivity contribution in [2.24, 2.45) is 0 Å². The molecule has 27 heavy (non-hydrogen) atoms. The number of carbonyl (C=O) groups is 2. The molecule has 1 aromatic heterocycles. The lowest BCUT2D eigenvalue weighted by atomic mass is 10.0. The van der Waals surface area contributed by atoms with Crippen molar-refractivity contribution in [3.8, 4) is 0 Å². The van der Waals surface area contributed by atoms with Crippen LogP contribution in [0, 0.1) is 0 Å². The van der Waals surface area contributed by atoms with E-state index in [2.05, 4.69) is 15.0 Å². The quantitative estimate of drug-likeness (QED) is 0.600. The smallest absolute Gasteiger partial charge is 0.407 e. The first-order valence-electron chi connectivity index (χ1n) is 8.36. The second-order valence-corrected chi connectivity index (χ2v) is 5.76.